The Bertz CT molecular complexity index is 510. The highest BCUT2D eigenvalue weighted by Gasteiger charge is 2.21. The molecule has 0 saturated carbocycles. The Kier molecular flexibility index (Phi) is 2.99. The first-order valence-electron chi connectivity index (χ1n) is 6.04. The third-order valence-corrected chi connectivity index (χ3v) is 4.42. The van der Waals surface area contributed by atoms with Gasteiger partial charge < -0.3 is 10.6 Å². The molecule has 2 aliphatic heterocycles. The summed E-state index contributed by atoms with van der Waals surface area (Å²) >= 11 is 1.87. The third-order valence-electron chi connectivity index (χ3n) is 3.26. The highest BCUT2D eigenvalue weighted by atomic mass is 32.2. The molecule has 1 unspecified atom stereocenters. The second-order valence-corrected chi connectivity index (χ2v) is 5.78. The molecular weight excluding hydrogens is 248 g/mol. The maximum Gasteiger partial charge on any atom is 0.251 e. The van der Waals surface area contributed by atoms with E-state index in [9.17, 15) is 9.59 Å². The number of carbonyl (C=O) groups is 2. The number of thioether (sulfide) groups is 1. The zero-order chi connectivity index (χ0) is 12.5. The van der Waals surface area contributed by atoms with E-state index in [4.69, 9.17) is 0 Å². The molecule has 0 bridgehead atoms. The topological polar surface area (TPSA) is 58.2 Å². The molecule has 1 saturated heterocycles. The van der Waals surface area contributed by atoms with Gasteiger partial charge in [-0.05, 0) is 35.9 Å². The quantitative estimate of drug-likeness (QED) is 0.847. The summed E-state index contributed by atoms with van der Waals surface area (Å²) in [6, 6.07) is 5.67. The average Bonchev–Trinajstić information content (AvgIpc) is 2.95. The molecule has 0 aromatic heterocycles. The molecule has 18 heavy (non-hydrogen) atoms. The number of fused-ring (bicyclic) bond motifs is 1. The van der Waals surface area contributed by atoms with Crippen molar-refractivity contribution in [1.29, 1.82) is 0 Å². The summed E-state index contributed by atoms with van der Waals surface area (Å²) in [5, 5.41) is 5.80. The van der Waals surface area contributed by atoms with E-state index in [0.29, 0.717) is 12.0 Å². The van der Waals surface area contributed by atoms with Gasteiger partial charge in [0.05, 0.1) is 6.42 Å². The molecule has 0 spiro atoms. The Morgan fingerprint density at radius 3 is 3.11 bits per heavy atom. The van der Waals surface area contributed by atoms with Gasteiger partial charge in [-0.15, -0.1) is 0 Å². The summed E-state index contributed by atoms with van der Waals surface area (Å²) in [6.45, 7) is 0. The first-order chi connectivity index (χ1) is 8.72. The van der Waals surface area contributed by atoms with Gasteiger partial charge in [0.2, 0.25) is 5.91 Å². The minimum atomic E-state index is -0.0374. The minimum absolute atomic E-state index is 0.00486. The van der Waals surface area contributed by atoms with Crippen LogP contribution in [0.25, 0.3) is 0 Å². The van der Waals surface area contributed by atoms with Crippen LogP contribution < -0.4 is 10.6 Å². The van der Waals surface area contributed by atoms with Crippen LogP contribution in [-0.2, 0) is 11.2 Å². The molecule has 1 atom stereocenters. The van der Waals surface area contributed by atoms with E-state index in [1.165, 1.54) is 0 Å². The van der Waals surface area contributed by atoms with Crippen molar-refractivity contribution in [1.82, 2.24) is 5.32 Å². The van der Waals surface area contributed by atoms with Gasteiger partial charge in [0.15, 0.2) is 0 Å². The fraction of sp³-hybridized carbons (Fsp3) is 0.385. The average molecular weight is 262 g/mol. The second-order valence-electron chi connectivity index (χ2n) is 4.63. The lowest BCUT2D eigenvalue weighted by atomic mass is 10.1. The van der Waals surface area contributed by atoms with Crippen LogP contribution in [0.3, 0.4) is 0 Å². The van der Waals surface area contributed by atoms with Crippen LogP contribution in [0.2, 0.25) is 0 Å². The van der Waals surface area contributed by atoms with Crippen molar-refractivity contribution in [3.05, 3.63) is 29.3 Å². The van der Waals surface area contributed by atoms with E-state index >= 15 is 0 Å². The third kappa shape index (κ3) is 2.22. The molecule has 3 rings (SSSR count). The summed E-state index contributed by atoms with van der Waals surface area (Å²) in [5.74, 6) is 2.07. The lowest BCUT2D eigenvalue weighted by molar-refractivity contribution is -0.115. The van der Waals surface area contributed by atoms with Gasteiger partial charge in [0.25, 0.3) is 5.91 Å². The summed E-state index contributed by atoms with van der Waals surface area (Å²) in [4.78, 5) is 23.3. The smallest absolute Gasteiger partial charge is 0.251 e. The fourth-order valence-electron chi connectivity index (χ4n) is 2.29. The number of amides is 2. The predicted molar refractivity (Wildman–Crippen MR) is 72.0 cm³/mol. The summed E-state index contributed by atoms with van der Waals surface area (Å²) in [6.07, 6.45) is 1.41. The van der Waals surface area contributed by atoms with Crippen molar-refractivity contribution in [2.24, 2.45) is 0 Å². The second kappa shape index (κ2) is 4.65. The van der Waals surface area contributed by atoms with Gasteiger partial charge in [-0.1, -0.05) is 0 Å². The predicted octanol–water partition coefficient (Wildman–Crippen LogP) is 1.42. The van der Waals surface area contributed by atoms with Gasteiger partial charge >= 0.3 is 0 Å². The SMILES string of the molecule is O=C1Cc2cc(C(=O)NC3CCSC3)ccc2N1. The van der Waals surface area contributed by atoms with Crippen LogP contribution >= 0.6 is 11.8 Å². The van der Waals surface area contributed by atoms with Gasteiger partial charge in [-0.3, -0.25) is 9.59 Å². The molecule has 1 aromatic carbocycles. The van der Waals surface area contributed by atoms with Crippen LogP contribution in [0.15, 0.2) is 18.2 Å². The van der Waals surface area contributed by atoms with Crippen LogP contribution in [-0.4, -0.2) is 29.4 Å². The zero-order valence-corrected chi connectivity index (χ0v) is 10.7. The van der Waals surface area contributed by atoms with Crippen molar-refractivity contribution in [3.8, 4) is 0 Å². The number of nitrogens with one attached hydrogen (secondary N) is 2. The van der Waals surface area contributed by atoms with E-state index in [-0.39, 0.29) is 17.9 Å². The van der Waals surface area contributed by atoms with Gasteiger partial charge in [-0.25, -0.2) is 0 Å². The van der Waals surface area contributed by atoms with Crippen molar-refractivity contribution < 1.29 is 9.59 Å². The largest absolute Gasteiger partial charge is 0.348 e. The molecule has 2 aliphatic rings. The van der Waals surface area contributed by atoms with Crippen molar-refractivity contribution >= 4 is 29.3 Å². The van der Waals surface area contributed by atoms with Crippen LogP contribution in [0, 0.1) is 0 Å². The molecule has 1 fully saturated rings. The molecule has 0 radical (unpaired) electrons. The Labute approximate surface area is 110 Å². The normalized spacial score (nSPS) is 21.6. The van der Waals surface area contributed by atoms with Crippen LogP contribution in [0.1, 0.15) is 22.3 Å². The van der Waals surface area contributed by atoms with E-state index in [1.807, 2.05) is 17.8 Å². The number of hydrogen-bond donors (Lipinski definition) is 2. The Balaban J connectivity index is 1.74. The van der Waals surface area contributed by atoms with E-state index in [0.717, 1.165) is 29.2 Å². The van der Waals surface area contributed by atoms with Crippen molar-refractivity contribution in [3.63, 3.8) is 0 Å². The highest BCUT2D eigenvalue weighted by Crippen LogP contribution is 2.24. The molecule has 4 nitrogen and oxygen atoms in total. The van der Waals surface area contributed by atoms with Crippen LogP contribution in [0.5, 0.6) is 0 Å². The maximum atomic E-state index is 12.1. The monoisotopic (exact) mass is 262 g/mol. The number of rotatable bonds is 2. The molecule has 94 valence electrons. The molecule has 5 heteroatoms. The van der Waals surface area contributed by atoms with Gasteiger partial charge in [0, 0.05) is 23.0 Å². The maximum absolute atomic E-state index is 12.1. The zero-order valence-electron chi connectivity index (χ0n) is 9.86. The molecule has 0 aliphatic carbocycles. The molecule has 2 N–H and O–H groups in total. The summed E-state index contributed by atoms with van der Waals surface area (Å²) in [5.41, 5.74) is 2.38. The van der Waals surface area contributed by atoms with Crippen LogP contribution in [0.4, 0.5) is 5.69 Å². The number of hydrogen-bond acceptors (Lipinski definition) is 3. The standard InChI is InChI=1S/C13H14N2O2S/c16-12-6-9-5-8(1-2-11(9)15-12)13(17)14-10-3-4-18-7-10/h1-2,5,10H,3-4,6-7H2,(H,14,17)(H,15,16). The first-order valence-corrected chi connectivity index (χ1v) is 7.19. The lowest BCUT2D eigenvalue weighted by Crippen LogP contribution is -2.34. The van der Waals surface area contributed by atoms with Crippen molar-refractivity contribution in [2.75, 3.05) is 16.8 Å². The fourth-order valence-corrected chi connectivity index (χ4v) is 3.44. The Morgan fingerprint density at radius 1 is 1.44 bits per heavy atom. The summed E-state index contributed by atoms with van der Waals surface area (Å²) < 4.78 is 0. The van der Waals surface area contributed by atoms with Crippen molar-refractivity contribution in [2.45, 2.75) is 18.9 Å². The number of benzene rings is 1. The molecular formula is C13H14N2O2S. The highest BCUT2D eigenvalue weighted by molar-refractivity contribution is 7.99. The number of carbonyl (C=O) groups excluding carboxylic acids is 2. The van der Waals surface area contributed by atoms with Gasteiger partial charge in [-0.2, -0.15) is 11.8 Å². The first kappa shape index (κ1) is 11.6. The molecule has 2 amide bonds. The summed E-state index contributed by atoms with van der Waals surface area (Å²) in [7, 11) is 0. The Morgan fingerprint density at radius 2 is 2.33 bits per heavy atom. The molecule has 2 heterocycles. The Hall–Kier alpha value is -1.49. The van der Waals surface area contributed by atoms with E-state index in [1.54, 1.807) is 12.1 Å². The number of anilines is 1. The minimum Gasteiger partial charge on any atom is -0.348 e. The molecule has 1 aromatic rings. The van der Waals surface area contributed by atoms with E-state index in [2.05, 4.69) is 10.6 Å². The van der Waals surface area contributed by atoms with Gasteiger partial charge in [0.1, 0.15) is 0 Å². The van der Waals surface area contributed by atoms with E-state index < -0.39 is 0 Å². The lowest BCUT2D eigenvalue weighted by Gasteiger charge is -2.11.